The summed E-state index contributed by atoms with van der Waals surface area (Å²) in [5, 5.41) is 10.0. The van der Waals surface area contributed by atoms with Crippen molar-refractivity contribution in [1.29, 1.82) is 0 Å². The minimum Gasteiger partial charge on any atom is -0.508 e. The zero-order chi connectivity index (χ0) is 12.8. The summed E-state index contributed by atoms with van der Waals surface area (Å²) in [4.78, 5) is 2.81. The maximum Gasteiger partial charge on any atom is 0.119 e. The number of nitrogens with zero attached hydrogens (tertiary/aromatic N) is 1. The van der Waals surface area contributed by atoms with Gasteiger partial charge < -0.3 is 5.11 Å². The first-order chi connectivity index (χ1) is 9.34. The third-order valence-electron chi connectivity index (χ3n) is 5.66. The molecule has 1 aliphatic heterocycles. The van der Waals surface area contributed by atoms with Crippen molar-refractivity contribution in [1.82, 2.24) is 4.90 Å². The van der Waals surface area contributed by atoms with Crippen LogP contribution < -0.4 is 0 Å². The van der Waals surface area contributed by atoms with Crippen LogP contribution in [0.3, 0.4) is 0 Å². The summed E-state index contributed by atoms with van der Waals surface area (Å²) in [6.45, 7) is 1.27. The van der Waals surface area contributed by atoms with E-state index in [9.17, 15) is 5.11 Å². The lowest BCUT2D eigenvalue weighted by Crippen LogP contribution is -2.40. The Kier molecular flexibility index (Phi) is 2.80. The van der Waals surface area contributed by atoms with Crippen LogP contribution in [0.2, 0.25) is 0 Å². The van der Waals surface area contributed by atoms with Gasteiger partial charge in [0.15, 0.2) is 0 Å². The van der Waals surface area contributed by atoms with Gasteiger partial charge in [0.1, 0.15) is 5.75 Å². The molecule has 102 valence electrons. The van der Waals surface area contributed by atoms with Gasteiger partial charge in [0.2, 0.25) is 0 Å². The van der Waals surface area contributed by atoms with Crippen molar-refractivity contribution in [2.24, 2.45) is 0 Å². The lowest BCUT2D eigenvalue weighted by atomic mass is 9.79. The van der Waals surface area contributed by atoms with E-state index in [1.54, 1.807) is 0 Å². The van der Waals surface area contributed by atoms with Crippen LogP contribution in [0.1, 0.15) is 55.6 Å². The van der Waals surface area contributed by atoms with Crippen molar-refractivity contribution < 1.29 is 5.11 Å². The van der Waals surface area contributed by atoms with Crippen LogP contribution in [-0.2, 0) is 6.42 Å². The van der Waals surface area contributed by atoms with Gasteiger partial charge >= 0.3 is 0 Å². The molecule has 0 unspecified atom stereocenters. The average Bonchev–Trinajstić information content (AvgIpc) is 3.07. The van der Waals surface area contributed by atoms with Crippen molar-refractivity contribution in [2.45, 2.75) is 62.9 Å². The van der Waals surface area contributed by atoms with Crippen LogP contribution in [0.25, 0.3) is 0 Å². The number of hydrogen-bond acceptors (Lipinski definition) is 2. The lowest BCUT2D eigenvalue weighted by Gasteiger charge is -2.36. The first-order valence-corrected chi connectivity index (χ1v) is 7.91. The van der Waals surface area contributed by atoms with E-state index in [-0.39, 0.29) is 0 Å². The van der Waals surface area contributed by atoms with Gasteiger partial charge in [-0.05, 0) is 55.8 Å². The molecule has 2 nitrogen and oxygen atoms in total. The van der Waals surface area contributed by atoms with E-state index in [1.165, 1.54) is 56.2 Å². The Morgan fingerprint density at radius 3 is 2.74 bits per heavy atom. The summed E-state index contributed by atoms with van der Waals surface area (Å²) in [5.41, 5.74) is 2.67. The Bertz CT molecular complexity index is 478. The average molecular weight is 257 g/mol. The molecule has 0 radical (unpaired) electrons. The van der Waals surface area contributed by atoms with E-state index >= 15 is 0 Å². The fourth-order valence-electron chi connectivity index (χ4n) is 4.80. The number of aromatic hydroxyl groups is 1. The van der Waals surface area contributed by atoms with E-state index in [0.29, 0.717) is 11.7 Å². The monoisotopic (exact) mass is 257 g/mol. The lowest BCUT2D eigenvalue weighted by molar-refractivity contribution is 0.163. The molecule has 0 aromatic heterocycles. The standard InChI is InChI=1S/C17H23NO/c19-17-7-3-6-13-14-10-11-18(12-4-1-2-5-12)16(14)9-8-15(13)17/h3,6-7,12,14,16,19H,1-2,4-5,8-11H2/t14-,16+/m0/s1. The van der Waals surface area contributed by atoms with Crippen molar-refractivity contribution in [3.63, 3.8) is 0 Å². The molecule has 0 bridgehead atoms. The molecule has 1 aromatic carbocycles. The highest BCUT2D eigenvalue weighted by molar-refractivity contribution is 5.44. The highest BCUT2D eigenvalue weighted by Gasteiger charge is 2.42. The fraction of sp³-hybridized carbons (Fsp3) is 0.647. The zero-order valence-corrected chi connectivity index (χ0v) is 11.5. The van der Waals surface area contributed by atoms with Crippen LogP contribution >= 0.6 is 0 Å². The number of phenolic OH excluding ortho intramolecular Hbond substituents is 1. The normalized spacial score (nSPS) is 31.4. The zero-order valence-electron chi connectivity index (χ0n) is 11.5. The van der Waals surface area contributed by atoms with Gasteiger partial charge in [-0.25, -0.2) is 0 Å². The summed E-state index contributed by atoms with van der Waals surface area (Å²) >= 11 is 0. The molecular weight excluding hydrogens is 234 g/mol. The van der Waals surface area contributed by atoms with Gasteiger partial charge in [-0.1, -0.05) is 25.0 Å². The first-order valence-electron chi connectivity index (χ1n) is 7.91. The fourth-order valence-corrected chi connectivity index (χ4v) is 4.80. The summed E-state index contributed by atoms with van der Waals surface area (Å²) in [6.07, 6.45) is 9.27. The number of phenols is 1. The van der Waals surface area contributed by atoms with Crippen molar-refractivity contribution >= 4 is 0 Å². The second kappa shape index (κ2) is 4.52. The van der Waals surface area contributed by atoms with Gasteiger partial charge in [-0.2, -0.15) is 0 Å². The second-order valence-corrected chi connectivity index (χ2v) is 6.52. The van der Waals surface area contributed by atoms with E-state index in [0.717, 1.165) is 18.5 Å². The van der Waals surface area contributed by atoms with Gasteiger partial charge in [0.25, 0.3) is 0 Å². The highest BCUT2D eigenvalue weighted by atomic mass is 16.3. The topological polar surface area (TPSA) is 23.5 Å². The Hall–Kier alpha value is -1.02. The Balaban J connectivity index is 1.64. The van der Waals surface area contributed by atoms with Gasteiger partial charge in [-0.3, -0.25) is 4.90 Å². The molecule has 1 heterocycles. The Labute approximate surface area is 115 Å². The summed E-state index contributed by atoms with van der Waals surface area (Å²) < 4.78 is 0. The minimum atomic E-state index is 0.523. The van der Waals surface area contributed by atoms with Gasteiger partial charge in [-0.15, -0.1) is 0 Å². The molecule has 0 amide bonds. The molecule has 2 heteroatoms. The van der Waals surface area contributed by atoms with E-state index in [4.69, 9.17) is 0 Å². The number of fused-ring (bicyclic) bond motifs is 3. The molecular formula is C17H23NO. The molecule has 1 aromatic rings. The number of rotatable bonds is 1. The van der Waals surface area contributed by atoms with Gasteiger partial charge in [0, 0.05) is 18.0 Å². The molecule has 19 heavy (non-hydrogen) atoms. The molecule has 1 N–H and O–H groups in total. The molecule has 2 fully saturated rings. The predicted molar refractivity (Wildman–Crippen MR) is 76.5 cm³/mol. The largest absolute Gasteiger partial charge is 0.508 e. The van der Waals surface area contributed by atoms with Crippen molar-refractivity contribution in [3.8, 4) is 5.75 Å². The summed E-state index contributed by atoms with van der Waals surface area (Å²) in [5.74, 6) is 1.20. The predicted octanol–water partition coefficient (Wildman–Crippen LogP) is 3.44. The van der Waals surface area contributed by atoms with E-state index in [1.807, 2.05) is 12.1 Å². The number of hydrogen-bond donors (Lipinski definition) is 1. The van der Waals surface area contributed by atoms with Crippen LogP contribution in [0.5, 0.6) is 5.75 Å². The number of likely N-dealkylation sites (tertiary alicyclic amines) is 1. The molecule has 2 aliphatic carbocycles. The summed E-state index contributed by atoms with van der Waals surface area (Å²) in [6, 6.07) is 7.73. The Morgan fingerprint density at radius 1 is 1.05 bits per heavy atom. The maximum atomic E-state index is 10.0. The minimum absolute atomic E-state index is 0.523. The third-order valence-corrected chi connectivity index (χ3v) is 5.66. The van der Waals surface area contributed by atoms with Crippen LogP contribution in [0.4, 0.5) is 0 Å². The first kappa shape index (κ1) is 11.8. The van der Waals surface area contributed by atoms with Crippen molar-refractivity contribution in [2.75, 3.05) is 6.54 Å². The Morgan fingerprint density at radius 2 is 1.89 bits per heavy atom. The highest BCUT2D eigenvalue weighted by Crippen LogP contribution is 2.45. The summed E-state index contributed by atoms with van der Waals surface area (Å²) in [7, 11) is 0. The molecule has 3 aliphatic rings. The van der Waals surface area contributed by atoms with Crippen molar-refractivity contribution in [3.05, 3.63) is 29.3 Å². The van der Waals surface area contributed by atoms with Crippen LogP contribution in [0.15, 0.2) is 18.2 Å². The van der Waals surface area contributed by atoms with E-state index in [2.05, 4.69) is 11.0 Å². The van der Waals surface area contributed by atoms with Crippen LogP contribution in [0, 0.1) is 0 Å². The molecule has 2 atom stereocenters. The molecule has 1 saturated heterocycles. The molecule has 1 saturated carbocycles. The molecule has 4 rings (SSSR count). The van der Waals surface area contributed by atoms with E-state index < -0.39 is 0 Å². The molecule has 0 spiro atoms. The smallest absolute Gasteiger partial charge is 0.119 e. The second-order valence-electron chi connectivity index (χ2n) is 6.52. The van der Waals surface area contributed by atoms with Gasteiger partial charge in [0.05, 0.1) is 0 Å². The SMILES string of the molecule is Oc1cccc2c1CC[C@@H]1[C@H]2CCN1C1CCCC1. The number of benzene rings is 1. The van der Waals surface area contributed by atoms with Crippen LogP contribution in [-0.4, -0.2) is 28.6 Å². The maximum absolute atomic E-state index is 10.0. The quantitative estimate of drug-likeness (QED) is 0.833. The third kappa shape index (κ3) is 1.80.